The summed E-state index contributed by atoms with van der Waals surface area (Å²) in [6, 6.07) is 9.97. The highest BCUT2D eigenvalue weighted by molar-refractivity contribution is 7.81. The second-order valence-electron chi connectivity index (χ2n) is 20.1. The van der Waals surface area contributed by atoms with Crippen LogP contribution >= 0.6 is 0 Å². The standard InChI is InChI=1S/C46H62N2O38S5/c1-19-27(48-86-87(60)61)30(52)34(24(77-19)17-75-88(62,63)64)79-46-39(85-91(71,72)73)33(55)37(41(83-46)43(58)59)81-44-28(47-26(50)12-8-4-7-11-23(49)20-13-15-22(16-14-20)29(51)21-9-5-3-6-10-21)31(53)35(25(78-44)18-76-89(65,66)67)80-45-38(84-90(68,69)70)32(54)36(74-2)40(82-45)42(56)57/h3,5-6,9-10,13-16,19,24-25,27-28,30-41,44-46,48,52-55H,4,7-8,11-12,17-18H2,1-2H3,(H,47,50)(H,56,57)(H,58,59)(H,60,61)(H,62,63,64)(H,65,66,67)(H,68,69,70)(H,71,72,73)/t19-,24?,25?,27-,28+,30?,31?,32-,33-,34+,35+,36+,37+,38?,39?,40?,41?,44+,45-,46-/m1/s1. The molecule has 4 saturated heterocycles. The number of benzene rings is 2. The Morgan fingerprint density at radius 3 is 1.47 bits per heavy atom. The number of carbonyl (C=O) groups excluding carboxylic acids is 3. The van der Waals surface area contributed by atoms with Crippen LogP contribution in [-0.2, 0) is 126 Å². The number of nitrogens with one attached hydrogen (secondary N) is 2. The molecular formula is C46H62N2O38S5. The summed E-state index contributed by atoms with van der Waals surface area (Å²) >= 11 is -3.12. The lowest BCUT2D eigenvalue weighted by atomic mass is 9.93. The van der Waals surface area contributed by atoms with Crippen molar-refractivity contribution in [3.63, 3.8) is 0 Å². The van der Waals surface area contributed by atoms with Crippen molar-refractivity contribution in [3.05, 3.63) is 71.3 Å². The number of Topliss-reactive ketones (excluding diaryl/α,β-unsaturated/α-hetero) is 1. The van der Waals surface area contributed by atoms with Crippen molar-refractivity contribution in [3.8, 4) is 0 Å². The van der Waals surface area contributed by atoms with Gasteiger partial charge in [0, 0.05) is 36.6 Å². The van der Waals surface area contributed by atoms with Gasteiger partial charge in [-0.05, 0) is 19.8 Å². The van der Waals surface area contributed by atoms with Crippen molar-refractivity contribution in [2.75, 3.05) is 20.3 Å². The zero-order chi connectivity index (χ0) is 67.7. The Bertz CT molecular complexity index is 3330. The first-order chi connectivity index (χ1) is 42.4. The van der Waals surface area contributed by atoms with E-state index in [1.54, 1.807) is 30.3 Å². The molecule has 6 rings (SSSR count). The number of carbonyl (C=O) groups is 5. The summed E-state index contributed by atoms with van der Waals surface area (Å²) < 4.78 is 222. The minimum atomic E-state index is -5.94. The number of rotatable bonds is 32. The van der Waals surface area contributed by atoms with Crippen molar-refractivity contribution in [2.24, 2.45) is 0 Å². The van der Waals surface area contributed by atoms with Crippen molar-refractivity contribution in [1.82, 2.24) is 10.8 Å². The zero-order valence-corrected chi connectivity index (χ0v) is 50.8. The summed E-state index contributed by atoms with van der Waals surface area (Å²) in [5, 5.41) is 69.6. The first kappa shape index (κ1) is 75.3. The number of hydroxylamine groups is 1. The van der Waals surface area contributed by atoms with E-state index in [4.69, 9.17) is 37.9 Å². The van der Waals surface area contributed by atoms with Crippen molar-refractivity contribution in [1.29, 1.82) is 0 Å². The van der Waals surface area contributed by atoms with Crippen molar-refractivity contribution in [2.45, 2.75) is 162 Å². The number of hydrogen-bond donors (Lipinski definition) is 13. The molecule has 4 fully saturated rings. The fraction of sp³-hybridized carbons (Fsp3) is 0.630. The summed E-state index contributed by atoms with van der Waals surface area (Å²) in [5.41, 5.74) is 2.86. The maximum Gasteiger partial charge on any atom is 0.397 e. The molecule has 0 aliphatic carbocycles. The molecule has 2 aromatic rings. The molecule has 45 heteroatoms. The van der Waals surface area contributed by atoms with Crippen LogP contribution in [0.2, 0.25) is 0 Å². The first-order valence-electron chi connectivity index (χ1n) is 26.3. The number of aliphatic hydroxyl groups excluding tert-OH is 4. The number of amides is 1. The highest BCUT2D eigenvalue weighted by Crippen LogP contribution is 2.37. The molecule has 0 bridgehead atoms. The summed E-state index contributed by atoms with van der Waals surface area (Å²) in [5.74, 6) is -5.99. The van der Waals surface area contributed by atoms with E-state index < -0.39 is 213 Å². The van der Waals surface area contributed by atoms with Crippen LogP contribution in [0.5, 0.6) is 0 Å². The van der Waals surface area contributed by atoms with Crippen LogP contribution in [0, 0.1) is 0 Å². The molecule has 1 amide bonds. The number of carboxylic acids is 2. The van der Waals surface area contributed by atoms with Crippen LogP contribution in [0.15, 0.2) is 54.6 Å². The van der Waals surface area contributed by atoms with E-state index in [-0.39, 0.29) is 42.8 Å². The molecule has 514 valence electrons. The third-order valence-electron chi connectivity index (χ3n) is 13.9. The van der Waals surface area contributed by atoms with Gasteiger partial charge in [0.1, 0.15) is 67.1 Å². The predicted octanol–water partition coefficient (Wildman–Crippen LogP) is -4.68. The molecule has 91 heavy (non-hydrogen) atoms. The molecule has 21 atom stereocenters. The Morgan fingerprint density at radius 2 is 0.989 bits per heavy atom. The number of ketones is 2. The highest BCUT2D eigenvalue weighted by atomic mass is 32.3. The smallest absolute Gasteiger partial charge is 0.397 e. The molecular weight excluding hydrogens is 1350 g/mol. The minimum Gasteiger partial charge on any atom is -0.479 e. The molecule has 4 heterocycles. The summed E-state index contributed by atoms with van der Waals surface area (Å²) in [6.07, 6.45) is -45.2. The average Bonchev–Trinajstić information content (AvgIpc) is 0.806. The van der Waals surface area contributed by atoms with Gasteiger partial charge in [-0.3, -0.25) is 37.1 Å². The van der Waals surface area contributed by atoms with Crippen LogP contribution in [-0.4, -0.2) is 264 Å². The lowest BCUT2D eigenvalue weighted by molar-refractivity contribution is -0.366. The first-order valence-corrected chi connectivity index (χ1v) is 32.8. The lowest BCUT2D eigenvalue weighted by Crippen LogP contribution is -2.70. The lowest BCUT2D eigenvalue weighted by Gasteiger charge is -2.50. The number of ether oxygens (including phenoxy) is 8. The summed E-state index contributed by atoms with van der Waals surface area (Å²) in [7, 11) is -21.9. The van der Waals surface area contributed by atoms with Gasteiger partial charge in [0.05, 0.1) is 25.4 Å². The molecule has 0 aromatic heterocycles. The van der Waals surface area contributed by atoms with E-state index in [0.717, 1.165) is 14.0 Å². The highest BCUT2D eigenvalue weighted by Gasteiger charge is 2.59. The van der Waals surface area contributed by atoms with Gasteiger partial charge < -0.3 is 73.9 Å². The number of hydrogen-bond acceptors (Lipinski definition) is 32. The fourth-order valence-electron chi connectivity index (χ4n) is 9.85. The number of unbranched alkanes of at least 4 members (excludes halogenated alkanes) is 2. The molecule has 40 nitrogen and oxygen atoms in total. The molecule has 13 N–H and O–H groups in total. The van der Waals surface area contributed by atoms with E-state index in [1.165, 1.54) is 24.3 Å². The van der Waals surface area contributed by atoms with Gasteiger partial charge in [-0.15, -0.1) is 0 Å². The Morgan fingerprint density at radius 1 is 0.538 bits per heavy atom. The largest absolute Gasteiger partial charge is 0.479 e. The van der Waals surface area contributed by atoms with Gasteiger partial charge in [0.15, 0.2) is 54.9 Å². The number of carboxylic acid groups (broad SMARTS) is 2. The van der Waals surface area contributed by atoms with Gasteiger partial charge in [-0.25, -0.2) is 26.3 Å². The molecule has 4 aliphatic heterocycles. The SMILES string of the molecule is CO[C@@H]1C(C(=O)O)O[C@@H](O[C@H]2C(COS(=O)(=O)O)O[C@@H](O[C@@H]3C(C(=O)O)O[C@@H](O[C@H]4C(COS(=O)(=O)O)O[C@H](C)[C@@H](NOS(=O)O)C4O)C(OS(=O)(=O)O)[C@@H]3O)[C@@H](NC(=O)CCCCCC(=O)c3ccc(C(=O)c4ccccc4)cc3)C2O)C(OS(=O)(=O)O)[C@@H]1O. The van der Waals surface area contributed by atoms with Gasteiger partial charge in [0.2, 0.25) is 5.91 Å². The Labute approximate surface area is 518 Å². The fourth-order valence-corrected chi connectivity index (χ4v) is 11.6. The normalized spacial score (nSPS) is 32.9. The molecule has 9 unspecified atom stereocenters. The predicted molar refractivity (Wildman–Crippen MR) is 287 cm³/mol. The van der Waals surface area contributed by atoms with Crippen LogP contribution < -0.4 is 10.8 Å². The van der Waals surface area contributed by atoms with E-state index in [9.17, 15) is 115 Å². The maximum absolute atomic E-state index is 13.9. The summed E-state index contributed by atoms with van der Waals surface area (Å²) in [6.45, 7) is -1.79. The third kappa shape index (κ3) is 21.4. The van der Waals surface area contributed by atoms with Gasteiger partial charge >= 0.3 is 64.9 Å². The number of methoxy groups -OCH3 is 1. The number of aliphatic hydroxyl groups is 4. The Balaban J connectivity index is 1.33. The molecule has 4 aliphatic rings. The third-order valence-corrected chi connectivity index (χ3v) is 16.0. The second-order valence-corrected chi connectivity index (χ2v) is 25.0. The molecule has 0 spiro atoms. The molecule has 0 radical (unpaired) electrons. The van der Waals surface area contributed by atoms with Gasteiger partial charge in [-0.2, -0.15) is 47.6 Å². The molecule has 0 saturated carbocycles. The second kappa shape index (κ2) is 32.1. The van der Waals surface area contributed by atoms with Crippen LogP contribution in [0.3, 0.4) is 0 Å². The summed E-state index contributed by atoms with van der Waals surface area (Å²) in [4.78, 5) is 65.5. The minimum absolute atomic E-state index is 0.0944. The Kier molecular flexibility index (Phi) is 26.5. The number of aliphatic carboxylic acids is 2. The Hall–Kier alpha value is -4.78. The van der Waals surface area contributed by atoms with Crippen molar-refractivity contribution >= 4 is 82.4 Å². The quantitative estimate of drug-likeness (QED) is 0.0108. The zero-order valence-electron chi connectivity index (χ0n) is 46.7. The average molecular weight is 1410 g/mol. The monoisotopic (exact) mass is 1410 g/mol. The maximum atomic E-state index is 13.9. The van der Waals surface area contributed by atoms with Gasteiger partial charge in [-0.1, -0.05) is 61.0 Å². The van der Waals surface area contributed by atoms with Crippen LogP contribution in [0.25, 0.3) is 0 Å². The van der Waals surface area contributed by atoms with E-state index >= 15 is 0 Å². The van der Waals surface area contributed by atoms with Gasteiger partial charge in [0.25, 0.3) is 0 Å². The topological polar surface area (TPSA) is 606 Å². The van der Waals surface area contributed by atoms with Crippen LogP contribution in [0.4, 0.5) is 0 Å². The van der Waals surface area contributed by atoms with Crippen molar-refractivity contribution < 1.29 is 174 Å². The van der Waals surface area contributed by atoms with E-state index in [2.05, 4.69) is 26.3 Å². The molecule has 2 aromatic carbocycles. The van der Waals surface area contributed by atoms with Crippen LogP contribution in [0.1, 0.15) is 65.3 Å². The van der Waals surface area contributed by atoms with E-state index in [1.807, 2.05) is 5.48 Å². The van der Waals surface area contributed by atoms with E-state index in [0.29, 0.717) is 11.1 Å².